The lowest BCUT2D eigenvalue weighted by atomic mass is 10.3. The van der Waals surface area contributed by atoms with Crippen LogP contribution in [0, 0.1) is 19.3 Å². The first kappa shape index (κ1) is 9.33. The number of aryl methyl sites for hydroxylation is 1. The average Bonchev–Trinajstić information content (AvgIpc) is 2.52. The molecule has 0 unspecified atom stereocenters. The molecule has 1 aromatic rings. The lowest BCUT2D eigenvalue weighted by Gasteiger charge is -1.97. The maximum Gasteiger partial charge on any atom is 0.273 e. The molecule has 1 amide bonds. The Hall–Kier alpha value is -1.76. The fraction of sp³-hybridized carbons (Fsp3) is 0.333. The first-order valence-electron chi connectivity index (χ1n) is 3.89. The van der Waals surface area contributed by atoms with Crippen LogP contribution in [0.1, 0.15) is 22.7 Å². The zero-order valence-electron chi connectivity index (χ0n) is 7.33. The molecular weight excluding hydrogens is 168 g/mol. The third-order valence-corrected chi connectivity index (χ3v) is 1.42. The summed E-state index contributed by atoms with van der Waals surface area (Å²) in [6.45, 7) is 2.19. The van der Waals surface area contributed by atoms with Gasteiger partial charge in [0.05, 0.1) is 0 Å². The van der Waals surface area contributed by atoms with Crippen LogP contribution in [0.25, 0.3) is 0 Å². The topological polar surface area (TPSA) is 55.1 Å². The molecule has 0 saturated heterocycles. The Balaban J connectivity index is 2.45. The maximum atomic E-state index is 11.2. The Kier molecular flexibility index (Phi) is 3.09. The van der Waals surface area contributed by atoms with Gasteiger partial charge in [-0.2, -0.15) is 0 Å². The minimum Gasteiger partial charge on any atom is -0.361 e. The average molecular weight is 178 g/mol. The van der Waals surface area contributed by atoms with E-state index in [1.165, 1.54) is 0 Å². The molecule has 4 heteroatoms. The van der Waals surface area contributed by atoms with Gasteiger partial charge in [0.1, 0.15) is 5.76 Å². The van der Waals surface area contributed by atoms with Crippen LogP contribution < -0.4 is 5.32 Å². The number of hydrogen-bond acceptors (Lipinski definition) is 3. The van der Waals surface area contributed by atoms with Crippen LogP contribution in [-0.4, -0.2) is 17.6 Å². The van der Waals surface area contributed by atoms with Gasteiger partial charge in [0.15, 0.2) is 5.69 Å². The van der Waals surface area contributed by atoms with Crippen LogP contribution >= 0.6 is 0 Å². The van der Waals surface area contributed by atoms with E-state index in [0.29, 0.717) is 18.7 Å². The molecule has 1 aromatic heterocycles. The van der Waals surface area contributed by atoms with E-state index in [1.807, 2.05) is 0 Å². The zero-order valence-corrected chi connectivity index (χ0v) is 7.33. The molecule has 1 rings (SSSR count). The molecule has 13 heavy (non-hydrogen) atoms. The zero-order chi connectivity index (χ0) is 9.68. The summed E-state index contributed by atoms with van der Waals surface area (Å²) >= 11 is 0. The molecule has 0 saturated carbocycles. The molecule has 0 radical (unpaired) electrons. The Morgan fingerprint density at radius 3 is 3.15 bits per heavy atom. The molecule has 1 heterocycles. The largest absolute Gasteiger partial charge is 0.361 e. The molecule has 0 fully saturated rings. The van der Waals surface area contributed by atoms with Gasteiger partial charge in [0, 0.05) is 19.0 Å². The quantitative estimate of drug-likeness (QED) is 0.548. The summed E-state index contributed by atoms with van der Waals surface area (Å²) in [5.41, 5.74) is 0.287. The van der Waals surface area contributed by atoms with Crippen molar-refractivity contribution in [2.75, 3.05) is 6.54 Å². The first-order valence-corrected chi connectivity index (χ1v) is 3.89. The Labute approximate surface area is 76.3 Å². The van der Waals surface area contributed by atoms with Gasteiger partial charge in [0.2, 0.25) is 0 Å². The van der Waals surface area contributed by atoms with E-state index in [9.17, 15) is 4.79 Å². The van der Waals surface area contributed by atoms with E-state index in [1.54, 1.807) is 13.0 Å². The minimum atomic E-state index is -0.257. The highest BCUT2D eigenvalue weighted by Crippen LogP contribution is 2.00. The summed E-state index contributed by atoms with van der Waals surface area (Å²) in [4.78, 5) is 11.2. The van der Waals surface area contributed by atoms with E-state index >= 15 is 0 Å². The predicted molar refractivity (Wildman–Crippen MR) is 47.0 cm³/mol. The van der Waals surface area contributed by atoms with Gasteiger partial charge >= 0.3 is 0 Å². The lowest BCUT2D eigenvalue weighted by Crippen LogP contribution is -2.24. The third-order valence-electron chi connectivity index (χ3n) is 1.42. The van der Waals surface area contributed by atoms with E-state index in [-0.39, 0.29) is 11.6 Å². The number of aromatic nitrogens is 1. The van der Waals surface area contributed by atoms with Crippen LogP contribution in [0.4, 0.5) is 0 Å². The van der Waals surface area contributed by atoms with Crippen molar-refractivity contribution in [1.82, 2.24) is 10.5 Å². The molecule has 0 aliphatic carbocycles. The van der Waals surface area contributed by atoms with Crippen molar-refractivity contribution in [3.8, 4) is 12.3 Å². The molecule has 0 aliphatic heterocycles. The highest BCUT2D eigenvalue weighted by atomic mass is 16.5. The second-order valence-corrected chi connectivity index (χ2v) is 2.53. The van der Waals surface area contributed by atoms with Crippen molar-refractivity contribution in [3.63, 3.8) is 0 Å². The third kappa shape index (κ3) is 2.64. The van der Waals surface area contributed by atoms with Crippen molar-refractivity contribution in [2.45, 2.75) is 13.3 Å². The van der Waals surface area contributed by atoms with Crippen LogP contribution in [0.2, 0.25) is 0 Å². The highest BCUT2D eigenvalue weighted by Gasteiger charge is 2.08. The molecule has 0 aromatic carbocycles. The molecule has 0 bridgehead atoms. The van der Waals surface area contributed by atoms with Crippen LogP contribution in [0.15, 0.2) is 10.6 Å². The molecular formula is C9H10N2O2. The van der Waals surface area contributed by atoms with Crippen molar-refractivity contribution in [1.29, 1.82) is 0 Å². The Bertz CT molecular complexity index is 336. The van der Waals surface area contributed by atoms with Gasteiger partial charge in [-0.1, -0.05) is 5.16 Å². The normalized spacial score (nSPS) is 9.23. The number of nitrogens with zero attached hydrogens (tertiary/aromatic N) is 1. The smallest absolute Gasteiger partial charge is 0.273 e. The van der Waals surface area contributed by atoms with E-state index in [2.05, 4.69) is 16.4 Å². The van der Waals surface area contributed by atoms with Crippen molar-refractivity contribution in [3.05, 3.63) is 17.5 Å². The molecule has 1 N–H and O–H groups in total. The lowest BCUT2D eigenvalue weighted by molar-refractivity contribution is 0.0945. The van der Waals surface area contributed by atoms with Crippen LogP contribution in [0.3, 0.4) is 0 Å². The monoisotopic (exact) mass is 178 g/mol. The summed E-state index contributed by atoms with van der Waals surface area (Å²) < 4.78 is 4.74. The number of carbonyl (C=O) groups is 1. The van der Waals surface area contributed by atoms with E-state index in [0.717, 1.165) is 0 Å². The van der Waals surface area contributed by atoms with E-state index < -0.39 is 0 Å². The van der Waals surface area contributed by atoms with Crippen molar-refractivity contribution in [2.24, 2.45) is 0 Å². The summed E-state index contributed by atoms with van der Waals surface area (Å²) in [6.07, 6.45) is 5.54. The molecule has 4 nitrogen and oxygen atoms in total. The van der Waals surface area contributed by atoms with Crippen molar-refractivity contribution >= 4 is 5.91 Å². The molecule has 0 aliphatic rings. The predicted octanol–water partition coefficient (Wildman–Crippen LogP) is 0.736. The Morgan fingerprint density at radius 2 is 2.62 bits per heavy atom. The standard InChI is InChI=1S/C9H10N2O2/c1-3-4-5-10-9(12)8-6-7(2)13-11-8/h1,6H,4-5H2,2H3,(H,10,12). The van der Waals surface area contributed by atoms with Gasteiger partial charge in [-0.25, -0.2) is 0 Å². The molecule has 68 valence electrons. The second-order valence-electron chi connectivity index (χ2n) is 2.53. The SMILES string of the molecule is C#CCCNC(=O)c1cc(C)on1. The summed E-state index contributed by atoms with van der Waals surface area (Å²) in [5, 5.41) is 6.16. The van der Waals surface area contributed by atoms with Crippen LogP contribution in [-0.2, 0) is 0 Å². The van der Waals surface area contributed by atoms with Gasteiger partial charge in [0.25, 0.3) is 5.91 Å². The van der Waals surface area contributed by atoms with Gasteiger partial charge in [-0.3, -0.25) is 4.79 Å². The van der Waals surface area contributed by atoms with Crippen molar-refractivity contribution < 1.29 is 9.32 Å². The maximum absolute atomic E-state index is 11.2. The van der Waals surface area contributed by atoms with Crippen LogP contribution in [0.5, 0.6) is 0 Å². The number of carbonyl (C=O) groups excluding carboxylic acids is 1. The Morgan fingerprint density at radius 1 is 1.85 bits per heavy atom. The van der Waals surface area contributed by atoms with E-state index in [4.69, 9.17) is 10.9 Å². The summed E-state index contributed by atoms with van der Waals surface area (Å²) in [5.74, 6) is 2.78. The minimum absolute atomic E-state index is 0.257. The summed E-state index contributed by atoms with van der Waals surface area (Å²) in [7, 11) is 0. The fourth-order valence-corrected chi connectivity index (χ4v) is 0.812. The number of amides is 1. The summed E-state index contributed by atoms with van der Waals surface area (Å²) in [6, 6.07) is 1.57. The highest BCUT2D eigenvalue weighted by molar-refractivity contribution is 5.92. The fourth-order valence-electron chi connectivity index (χ4n) is 0.812. The number of hydrogen-bond donors (Lipinski definition) is 1. The van der Waals surface area contributed by atoms with Gasteiger partial charge in [-0.05, 0) is 6.92 Å². The molecule has 0 atom stereocenters. The molecule has 0 spiro atoms. The first-order chi connectivity index (χ1) is 6.24. The van der Waals surface area contributed by atoms with Gasteiger partial charge in [-0.15, -0.1) is 12.3 Å². The second kappa shape index (κ2) is 4.31. The number of terminal acetylenes is 1. The number of rotatable bonds is 3. The number of nitrogens with one attached hydrogen (secondary N) is 1. The van der Waals surface area contributed by atoms with Gasteiger partial charge < -0.3 is 9.84 Å².